The quantitative estimate of drug-likeness (QED) is 0.456. The molecular weight excluding hydrogens is 156 g/mol. The molecule has 1 fully saturated rings. The van der Waals surface area contributed by atoms with E-state index in [0.717, 1.165) is 12.8 Å². The lowest BCUT2D eigenvalue weighted by Gasteiger charge is -2.19. The third-order valence-electron chi connectivity index (χ3n) is 2.36. The van der Waals surface area contributed by atoms with Crippen molar-refractivity contribution in [3.8, 4) is 0 Å². The lowest BCUT2D eigenvalue weighted by Crippen LogP contribution is -2.36. The molecule has 2 heterocycles. The Morgan fingerprint density at radius 1 is 1.83 bits per heavy atom. The monoisotopic (exact) mass is 168 g/mol. The van der Waals surface area contributed by atoms with Crippen molar-refractivity contribution in [1.82, 2.24) is 0 Å². The SMILES string of the molecule is CCOC(=O)C12C=CC(CC1)O2. The number of ether oxygens (including phenoxy) is 2. The van der Waals surface area contributed by atoms with Crippen LogP contribution in [0.4, 0.5) is 0 Å². The van der Waals surface area contributed by atoms with E-state index in [1.165, 1.54) is 0 Å². The van der Waals surface area contributed by atoms with E-state index < -0.39 is 5.60 Å². The lowest BCUT2D eigenvalue weighted by atomic mass is 9.95. The Balaban J connectivity index is 2.12. The molecule has 2 aliphatic heterocycles. The van der Waals surface area contributed by atoms with Gasteiger partial charge in [0.05, 0.1) is 12.7 Å². The molecule has 0 aromatic heterocycles. The van der Waals surface area contributed by atoms with Crippen molar-refractivity contribution in [1.29, 1.82) is 0 Å². The summed E-state index contributed by atoms with van der Waals surface area (Å²) >= 11 is 0. The van der Waals surface area contributed by atoms with Crippen LogP contribution in [0.3, 0.4) is 0 Å². The molecule has 12 heavy (non-hydrogen) atoms. The highest BCUT2D eigenvalue weighted by Crippen LogP contribution is 2.38. The maximum Gasteiger partial charge on any atom is 0.342 e. The number of carbonyl (C=O) groups excluding carboxylic acids is 1. The van der Waals surface area contributed by atoms with Gasteiger partial charge in [0.2, 0.25) is 0 Å². The lowest BCUT2D eigenvalue weighted by molar-refractivity contribution is -0.161. The van der Waals surface area contributed by atoms with E-state index in [9.17, 15) is 4.79 Å². The van der Waals surface area contributed by atoms with Crippen LogP contribution in [0.2, 0.25) is 0 Å². The summed E-state index contributed by atoms with van der Waals surface area (Å²) < 4.78 is 10.4. The van der Waals surface area contributed by atoms with Gasteiger partial charge in [-0.3, -0.25) is 0 Å². The molecule has 0 aromatic carbocycles. The van der Waals surface area contributed by atoms with E-state index in [1.54, 1.807) is 6.92 Å². The maximum absolute atomic E-state index is 11.4. The van der Waals surface area contributed by atoms with E-state index >= 15 is 0 Å². The van der Waals surface area contributed by atoms with Gasteiger partial charge in [-0.25, -0.2) is 4.79 Å². The van der Waals surface area contributed by atoms with E-state index in [2.05, 4.69) is 0 Å². The summed E-state index contributed by atoms with van der Waals surface area (Å²) in [4.78, 5) is 11.4. The molecule has 2 unspecified atom stereocenters. The molecule has 3 nitrogen and oxygen atoms in total. The van der Waals surface area contributed by atoms with Crippen molar-refractivity contribution in [2.75, 3.05) is 6.61 Å². The first-order valence-corrected chi connectivity index (χ1v) is 4.31. The zero-order valence-electron chi connectivity index (χ0n) is 7.08. The highest BCUT2D eigenvalue weighted by Gasteiger charge is 2.49. The number of esters is 1. The Hall–Kier alpha value is -0.830. The van der Waals surface area contributed by atoms with Gasteiger partial charge in [0.25, 0.3) is 0 Å². The van der Waals surface area contributed by atoms with Crippen molar-refractivity contribution in [2.24, 2.45) is 0 Å². The Morgan fingerprint density at radius 2 is 2.67 bits per heavy atom. The smallest absolute Gasteiger partial charge is 0.342 e. The van der Waals surface area contributed by atoms with Crippen LogP contribution >= 0.6 is 0 Å². The molecule has 0 saturated carbocycles. The third kappa shape index (κ3) is 0.966. The molecule has 2 bridgehead atoms. The van der Waals surface area contributed by atoms with Crippen LogP contribution < -0.4 is 0 Å². The summed E-state index contributed by atoms with van der Waals surface area (Å²) in [6, 6.07) is 0. The molecule has 3 heteroatoms. The standard InChI is InChI=1S/C9H12O3/c1-2-11-8(10)9-5-3-7(12-9)4-6-9/h3,5,7H,2,4,6H2,1H3. The van der Waals surface area contributed by atoms with Crippen molar-refractivity contribution in [2.45, 2.75) is 31.5 Å². The highest BCUT2D eigenvalue weighted by molar-refractivity contribution is 5.83. The molecule has 0 spiro atoms. The third-order valence-corrected chi connectivity index (χ3v) is 2.36. The molecule has 66 valence electrons. The van der Waals surface area contributed by atoms with Crippen molar-refractivity contribution in [3.63, 3.8) is 0 Å². The second kappa shape index (κ2) is 2.59. The summed E-state index contributed by atoms with van der Waals surface area (Å²) in [6.45, 7) is 2.22. The van der Waals surface area contributed by atoms with Crippen molar-refractivity contribution in [3.05, 3.63) is 12.2 Å². The Morgan fingerprint density at radius 3 is 3.08 bits per heavy atom. The largest absolute Gasteiger partial charge is 0.464 e. The number of hydrogen-bond acceptors (Lipinski definition) is 3. The summed E-state index contributed by atoms with van der Waals surface area (Å²) in [5.41, 5.74) is -0.722. The minimum absolute atomic E-state index is 0.148. The average molecular weight is 168 g/mol. The van der Waals surface area contributed by atoms with Crippen molar-refractivity contribution < 1.29 is 14.3 Å². The Bertz CT molecular complexity index is 234. The van der Waals surface area contributed by atoms with Crippen LogP contribution in [0.1, 0.15) is 19.8 Å². The predicted octanol–water partition coefficient (Wildman–Crippen LogP) is 1.04. The molecule has 0 aromatic rings. The van der Waals surface area contributed by atoms with Crippen molar-refractivity contribution >= 4 is 5.97 Å². The first-order valence-electron chi connectivity index (χ1n) is 4.31. The fourth-order valence-electron chi connectivity index (χ4n) is 1.74. The number of rotatable bonds is 2. The van der Waals surface area contributed by atoms with E-state index in [1.807, 2.05) is 12.2 Å². The molecule has 0 N–H and O–H groups in total. The molecular formula is C9H12O3. The van der Waals surface area contributed by atoms with Gasteiger partial charge in [-0.05, 0) is 25.8 Å². The van der Waals surface area contributed by atoms with Gasteiger partial charge in [-0.1, -0.05) is 6.08 Å². The van der Waals surface area contributed by atoms with Gasteiger partial charge in [0, 0.05) is 0 Å². The Kier molecular flexibility index (Phi) is 1.68. The normalized spacial score (nSPS) is 37.2. The maximum atomic E-state index is 11.4. The minimum Gasteiger partial charge on any atom is -0.464 e. The van der Waals surface area contributed by atoms with E-state index in [0.29, 0.717) is 6.61 Å². The minimum atomic E-state index is -0.722. The number of fused-ring (bicyclic) bond motifs is 2. The summed E-state index contributed by atoms with van der Waals surface area (Å²) in [7, 11) is 0. The van der Waals surface area contributed by atoms with Gasteiger partial charge >= 0.3 is 5.97 Å². The van der Waals surface area contributed by atoms with Crippen LogP contribution in [0.15, 0.2) is 12.2 Å². The molecule has 0 radical (unpaired) electrons. The average Bonchev–Trinajstić information content (AvgIpc) is 2.64. The van der Waals surface area contributed by atoms with Gasteiger partial charge < -0.3 is 9.47 Å². The van der Waals surface area contributed by atoms with E-state index in [-0.39, 0.29) is 12.1 Å². The summed E-state index contributed by atoms with van der Waals surface area (Å²) in [5, 5.41) is 0. The zero-order valence-corrected chi connectivity index (χ0v) is 7.08. The van der Waals surface area contributed by atoms with Crippen LogP contribution in [0, 0.1) is 0 Å². The van der Waals surface area contributed by atoms with Gasteiger partial charge in [-0.15, -0.1) is 0 Å². The van der Waals surface area contributed by atoms with Crippen LogP contribution in [0.25, 0.3) is 0 Å². The van der Waals surface area contributed by atoms with Crippen LogP contribution in [-0.4, -0.2) is 24.3 Å². The van der Waals surface area contributed by atoms with Gasteiger partial charge in [-0.2, -0.15) is 0 Å². The Labute approximate surface area is 71.3 Å². The summed E-state index contributed by atoms with van der Waals surface area (Å²) in [6.07, 6.45) is 5.64. The topological polar surface area (TPSA) is 35.5 Å². The fraction of sp³-hybridized carbons (Fsp3) is 0.667. The first kappa shape index (κ1) is 7.80. The molecule has 2 rings (SSSR count). The zero-order chi connectivity index (χ0) is 8.60. The molecule has 0 amide bonds. The second-order valence-corrected chi connectivity index (χ2v) is 3.16. The molecule has 2 aliphatic rings. The van der Waals surface area contributed by atoms with E-state index in [4.69, 9.17) is 9.47 Å². The van der Waals surface area contributed by atoms with Crippen LogP contribution in [0.5, 0.6) is 0 Å². The summed E-state index contributed by atoms with van der Waals surface area (Å²) in [5.74, 6) is -0.235. The number of carbonyl (C=O) groups is 1. The van der Waals surface area contributed by atoms with Crippen LogP contribution in [-0.2, 0) is 14.3 Å². The molecule has 1 saturated heterocycles. The molecule has 2 atom stereocenters. The van der Waals surface area contributed by atoms with Gasteiger partial charge in [0.15, 0.2) is 5.60 Å². The molecule has 0 aliphatic carbocycles. The first-order chi connectivity index (χ1) is 5.77. The second-order valence-electron chi connectivity index (χ2n) is 3.16. The fourth-order valence-corrected chi connectivity index (χ4v) is 1.74. The van der Waals surface area contributed by atoms with Gasteiger partial charge in [0.1, 0.15) is 0 Å². The predicted molar refractivity (Wildman–Crippen MR) is 42.6 cm³/mol. The highest BCUT2D eigenvalue weighted by atomic mass is 16.6. The number of hydrogen-bond donors (Lipinski definition) is 0.